The molecule has 0 bridgehead atoms. The van der Waals surface area contributed by atoms with Crippen LogP contribution in [-0.2, 0) is 7.05 Å². The Morgan fingerprint density at radius 2 is 1.90 bits per heavy atom. The number of aryl methyl sites for hydroxylation is 1. The van der Waals surface area contributed by atoms with Crippen molar-refractivity contribution >= 4 is 46.8 Å². The number of hydrogen-bond acceptors (Lipinski definition) is 6. The number of hydrogen-bond donors (Lipinski definition) is 3. The SMILES string of the molecule is CCNC(=NCC(C)(C)N1CCCCC1)NCCNc1ncnc2c1cnn2C.I. The summed E-state index contributed by atoms with van der Waals surface area (Å²) in [7, 11) is 1.88. The van der Waals surface area contributed by atoms with Gasteiger partial charge in [0.15, 0.2) is 11.6 Å². The van der Waals surface area contributed by atoms with E-state index in [0.29, 0.717) is 0 Å². The second-order valence-corrected chi connectivity index (χ2v) is 8.14. The largest absolute Gasteiger partial charge is 0.368 e. The molecule has 0 unspecified atom stereocenters. The zero-order valence-corrected chi connectivity index (χ0v) is 20.9. The maximum Gasteiger partial charge on any atom is 0.191 e. The maximum absolute atomic E-state index is 4.84. The molecule has 10 heteroatoms. The van der Waals surface area contributed by atoms with Crippen LogP contribution in [0.4, 0.5) is 5.82 Å². The van der Waals surface area contributed by atoms with E-state index in [1.54, 1.807) is 17.2 Å². The second kappa shape index (κ2) is 11.6. The number of nitrogens with one attached hydrogen (secondary N) is 3. The highest BCUT2D eigenvalue weighted by atomic mass is 127. The van der Waals surface area contributed by atoms with Crippen molar-refractivity contribution in [2.45, 2.75) is 45.6 Å². The van der Waals surface area contributed by atoms with E-state index in [1.807, 2.05) is 7.05 Å². The van der Waals surface area contributed by atoms with Gasteiger partial charge in [-0.1, -0.05) is 6.42 Å². The summed E-state index contributed by atoms with van der Waals surface area (Å²) >= 11 is 0. The number of halogens is 1. The number of aliphatic imine (C=N–C) groups is 1. The van der Waals surface area contributed by atoms with Crippen LogP contribution in [-0.4, -0.2) is 75.4 Å². The second-order valence-electron chi connectivity index (χ2n) is 8.14. The van der Waals surface area contributed by atoms with Gasteiger partial charge in [-0.25, -0.2) is 9.97 Å². The van der Waals surface area contributed by atoms with Gasteiger partial charge in [-0.15, -0.1) is 24.0 Å². The van der Waals surface area contributed by atoms with Gasteiger partial charge in [0.2, 0.25) is 0 Å². The Kier molecular flexibility index (Phi) is 9.53. The average Bonchev–Trinajstić information content (AvgIpc) is 3.12. The van der Waals surface area contributed by atoms with E-state index in [4.69, 9.17) is 4.99 Å². The van der Waals surface area contributed by atoms with Gasteiger partial charge in [0, 0.05) is 32.2 Å². The lowest BCUT2D eigenvalue weighted by Gasteiger charge is -2.40. The summed E-state index contributed by atoms with van der Waals surface area (Å²) in [4.78, 5) is 16.0. The quantitative estimate of drug-likeness (QED) is 0.209. The summed E-state index contributed by atoms with van der Waals surface area (Å²) in [6, 6.07) is 0. The van der Waals surface area contributed by atoms with Crippen LogP contribution in [0.5, 0.6) is 0 Å². The lowest BCUT2D eigenvalue weighted by molar-refractivity contribution is 0.102. The lowest BCUT2D eigenvalue weighted by Crippen LogP contribution is -2.49. The van der Waals surface area contributed by atoms with E-state index in [9.17, 15) is 0 Å². The predicted octanol–water partition coefficient (Wildman–Crippen LogP) is 2.21. The van der Waals surface area contributed by atoms with Gasteiger partial charge >= 0.3 is 0 Å². The first kappa shape index (κ1) is 24.6. The van der Waals surface area contributed by atoms with Crippen LogP contribution >= 0.6 is 24.0 Å². The molecule has 0 radical (unpaired) electrons. The van der Waals surface area contributed by atoms with Gasteiger partial charge in [0.25, 0.3) is 0 Å². The first-order valence-corrected chi connectivity index (χ1v) is 10.6. The Hall–Kier alpha value is -1.69. The minimum absolute atomic E-state index is 0. The van der Waals surface area contributed by atoms with Crippen LogP contribution in [0, 0.1) is 0 Å². The molecule has 1 aliphatic heterocycles. The van der Waals surface area contributed by atoms with E-state index in [1.165, 1.54) is 32.4 Å². The molecule has 9 nitrogen and oxygen atoms in total. The topological polar surface area (TPSA) is 95.3 Å². The highest BCUT2D eigenvalue weighted by molar-refractivity contribution is 14.0. The number of rotatable bonds is 8. The summed E-state index contributed by atoms with van der Waals surface area (Å²) in [5.74, 6) is 1.66. The number of nitrogens with zero attached hydrogens (tertiary/aromatic N) is 6. The number of piperidine rings is 1. The molecule has 0 aliphatic carbocycles. The van der Waals surface area contributed by atoms with Gasteiger partial charge in [-0.2, -0.15) is 5.10 Å². The summed E-state index contributed by atoms with van der Waals surface area (Å²) in [5.41, 5.74) is 0.902. The monoisotopic (exact) mass is 529 g/mol. The highest BCUT2D eigenvalue weighted by Crippen LogP contribution is 2.21. The van der Waals surface area contributed by atoms with Crippen LogP contribution in [0.2, 0.25) is 0 Å². The van der Waals surface area contributed by atoms with Crippen molar-refractivity contribution in [3.8, 4) is 0 Å². The van der Waals surface area contributed by atoms with Crippen LogP contribution in [0.25, 0.3) is 11.0 Å². The minimum Gasteiger partial charge on any atom is -0.368 e. The smallest absolute Gasteiger partial charge is 0.191 e. The molecule has 1 saturated heterocycles. The number of guanidine groups is 1. The third kappa shape index (κ3) is 6.40. The van der Waals surface area contributed by atoms with E-state index in [-0.39, 0.29) is 29.5 Å². The molecule has 2 aromatic heterocycles. The van der Waals surface area contributed by atoms with E-state index in [0.717, 1.165) is 49.0 Å². The van der Waals surface area contributed by atoms with Crippen molar-refractivity contribution in [1.82, 2.24) is 35.3 Å². The third-order valence-electron chi connectivity index (χ3n) is 5.42. The van der Waals surface area contributed by atoms with E-state index < -0.39 is 0 Å². The molecule has 2 aromatic rings. The van der Waals surface area contributed by atoms with Crippen molar-refractivity contribution in [3.05, 3.63) is 12.5 Å². The molecule has 0 atom stereocenters. The molecule has 1 aliphatic rings. The fraction of sp³-hybridized carbons (Fsp3) is 0.700. The van der Waals surface area contributed by atoms with E-state index in [2.05, 4.69) is 56.7 Å². The highest BCUT2D eigenvalue weighted by Gasteiger charge is 2.27. The van der Waals surface area contributed by atoms with Crippen LogP contribution in [0.15, 0.2) is 17.5 Å². The van der Waals surface area contributed by atoms with E-state index >= 15 is 0 Å². The molecule has 0 aromatic carbocycles. The molecule has 30 heavy (non-hydrogen) atoms. The van der Waals surface area contributed by atoms with Crippen LogP contribution in [0.3, 0.4) is 0 Å². The molecule has 3 rings (SSSR count). The van der Waals surface area contributed by atoms with Gasteiger partial charge in [-0.3, -0.25) is 14.6 Å². The summed E-state index contributed by atoms with van der Waals surface area (Å²) in [6.45, 7) is 12.1. The van der Waals surface area contributed by atoms with Gasteiger partial charge in [0.05, 0.1) is 18.1 Å². The molecular formula is C20H36IN9. The third-order valence-corrected chi connectivity index (χ3v) is 5.42. The van der Waals surface area contributed by atoms with Crippen molar-refractivity contribution < 1.29 is 0 Å². The maximum atomic E-state index is 4.84. The molecule has 0 spiro atoms. The number of anilines is 1. The van der Waals surface area contributed by atoms with Gasteiger partial charge in [-0.05, 0) is 46.7 Å². The predicted molar refractivity (Wildman–Crippen MR) is 134 cm³/mol. The Balaban J connectivity index is 0.00000320. The number of aromatic nitrogens is 4. The number of fused-ring (bicyclic) bond motifs is 1. The molecule has 0 amide bonds. The van der Waals surface area contributed by atoms with Crippen molar-refractivity contribution in [2.75, 3.05) is 44.6 Å². The Morgan fingerprint density at radius 1 is 1.13 bits per heavy atom. The molecule has 0 saturated carbocycles. The zero-order chi connectivity index (χ0) is 20.7. The standard InChI is InChI=1S/C20H35N9.HI/c1-5-21-19(24-14-20(2,3)29-11-7-6-8-12-29)23-10-9-22-17-16-13-27-28(4)18(16)26-15-25-17;/h13,15H,5-12,14H2,1-4H3,(H2,21,23,24)(H,22,25,26);1H. The van der Waals surface area contributed by atoms with Crippen molar-refractivity contribution in [3.63, 3.8) is 0 Å². The Labute approximate surface area is 196 Å². The minimum atomic E-state index is 0. The molecule has 3 N–H and O–H groups in total. The van der Waals surface area contributed by atoms with Crippen LogP contribution < -0.4 is 16.0 Å². The van der Waals surface area contributed by atoms with Crippen molar-refractivity contribution in [2.24, 2.45) is 12.0 Å². The number of likely N-dealkylation sites (tertiary alicyclic amines) is 1. The van der Waals surface area contributed by atoms with Crippen molar-refractivity contribution in [1.29, 1.82) is 0 Å². The first-order valence-electron chi connectivity index (χ1n) is 10.6. The Bertz CT molecular complexity index is 812. The average molecular weight is 529 g/mol. The fourth-order valence-corrected chi connectivity index (χ4v) is 3.68. The normalized spacial score (nSPS) is 15.7. The lowest BCUT2D eigenvalue weighted by atomic mass is 9.99. The van der Waals surface area contributed by atoms with Crippen LogP contribution in [0.1, 0.15) is 40.0 Å². The summed E-state index contributed by atoms with van der Waals surface area (Å²) in [6.07, 6.45) is 7.30. The summed E-state index contributed by atoms with van der Waals surface area (Å²) < 4.78 is 1.75. The van der Waals surface area contributed by atoms with Gasteiger partial charge in [0.1, 0.15) is 12.1 Å². The summed E-state index contributed by atoms with van der Waals surface area (Å²) in [5, 5.41) is 15.3. The molecule has 168 valence electrons. The van der Waals surface area contributed by atoms with Gasteiger partial charge < -0.3 is 16.0 Å². The molecular weight excluding hydrogens is 493 g/mol. The first-order chi connectivity index (χ1) is 14.0. The fourth-order valence-electron chi connectivity index (χ4n) is 3.68. The molecule has 1 fully saturated rings. The Morgan fingerprint density at radius 3 is 2.63 bits per heavy atom. The zero-order valence-electron chi connectivity index (χ0n) is 18.6. The molecule has 3 heterocycles.